The van der Waals surface area contributed by atoms with E-state index in [9.17, 15) is 22.4 Å². The van der Waals surface area contributed by atoms with Crippen molar-refractivity contribution in [1.82, 2.24) is 15.3 Å². The molecule has 0 spiro atoms. The molecular formula is C18H19F4N5O2. The van der Waals surface area contributed by atoms with Crippen molar-refractivity contribution in [2.45, 2.75) is 31.2 Å². The maximum atomic E-state index is 14.5. The number of ether oxygens (including phenoxy) is 1. The summed E-state index contributed by atoms with van der Waals surface area (Å²) in [7, 11) is 1.39. The summed E-state index contributed by atoms with van der Waals surface area (Å²) in [5.41, 5.74) is 3.70. The molecule has 0 radical (unpaired) electrons. The fourth-order valence-electron chi connectivity index (χ4n) is 3.50. The van der Waals surface area contributed by atoms with Crippen LogP contribution in [0.5, 0.6) is 5.88 Å². The summed E-state index contributed by atoms with van der Waals surface area (Å²) in [6, 6.07) is 3.40. The predicted octanol–water partition coefficient (Wildman–Crippen LogP) is 2.55. The van der Waals surface area contributed by atoms with Gasteiger partial charge in [-0.2, -0.15) is 13.2 Å². The highest BCUT2D eigenvalue weighted by atomic mass is 19.4. The molecule has 0 aliphatic carbocycles. The van der Waals surface area contributed by atoms with Crippen LogP contribution in [0.2, 0.25) is 0 Å². The van der Waals surface area contributed by atoms with E-state index < -0.39 is 41.9 Å². The van der Waals surface area contributed by atoms with Gasteiger partial charge in [-0.05, 0) is 31.5 Å². The van der Waals surface area contributed by atoms with Gasteiger partial charge >= 0.3 is 6.18 Å². The van der Waals surface area contributed by atoms with Crippen LogP contribution in [-0.4, -0.2) is 35.3 Å². The molecule has 1 aromatic carbocycles. The summed E-state index contributed by atoms with van der Waals surface area (Å²) in [6.45, 7) is 1.25. The molecule has 3 rings (SSSR count). The van der Waals surface area contributed by atoms with Crippen molar-refractivity contribution in [3.63, 3.8) is 0 Å². The Labute approximate surface area is 163 Å². The van der Waals surface area contributed by atoms with Crippen LogP contribution >= 0.6 is 0 Å². The zero-order chi connectivity index (χ0) is 21.4. The summed E-state index contributed by atoms with van der Waals surface area (Å²) in [4.78, 5) is 20.1. The third-order valence-electron chi connectivity index (χ3n) is 4.92. The SMILES string of the molecule is COc1cnc(C(=O)Nc2ccc(F)c(C3(C)NC(N)CC3C(F)(F)F)c2)cn1. The highest BCUT2D eigenvalue weighted by molar-refractivity contribution is 6.02. The summed E-state index contributed by atoms with van der Waals surface area (Å²) in [6.07, 6.45) is -3.50. The zero-order valence-corrected chi connectivity index (χ0v) is 15.5. The van der Waals surface area contributed by atoms with Crippen LogP contribution in [0.15, 0.2) is 30.6 Å². The fraction of sp³-hybridized carbons (Fsp3) is 0.389. The Kier molecular flexibility index (Phi) is 5.46. The van der Waals surface area contributed by atoms with E-state index in [1.807, 2.05) is 0 Å². The molecule has 2 heterocycles. The number of alkyl halides is 3. The Balaban J connectivity index is 1.90. The number of aromatic nitrogens is 2. The number of methoxy groups -OCH3 is 1. The van der Waals surface area contributed by atoms with Crippen molar-refractivity contribution in [2.75, 3.05) is 12.4 Å². The lowest BCUT2D eigenvalue weighted by Gasteiger charge is -2.34. The first-order chi connectivity index (χ1) is 13.5. The molecule has 156 valence electrons. The van der Waals surface area contributed by atoms with E-state index in [2.05, 4.69) is 20.6 Å². The Morgan fingerprint density at radius 2 is 2.07 bits per heavy atom. The second-order valence-electron chi connectivity index (χ2n) is 6.88. The second kappa shape index (κ2) is 7.56. The summed E-state index contributed by atoms with van der Waals surface area (Å²) in [5.74, 6) is -3.19. The zero-order valence-electron chi connectivity index (χ0n) is 15.5. The molecule has 0 saturated carbocycles. The highest BCUT2D eigenvalue weighted by Crippen LogP contribution is 2.47. The van der Waals surface area contributed by atoms with Gasteiger partial charge in [-0.1, -0.05) is 0 Å². The van der Waals surface area contributed by atoms with Gasteiger partial charge in [-0.15, -0.1) is 0 Å². The molecule has 3 atom stereocenters. The molecule has 4 N–H and O–H groups in total. The third-order valence-corrected chi connectivity index (χ3v) is 4.92. The summed E-state index contributed by atoms with van der Waals surface area (Å²) in [5, 5.41) is 5.12. The lowest BCUT2D eigenvalue weighted by Crippen LogP contribution is -2.47. The number of hydrogen-bond donors (Lipinski definition) is 3. The number of halogens is 4. The van der Waals surface area contributed by atoms with Crippen LogP contribution in [0.4, 0.5) is 23.2 Å². The average molecular weight is 413 g/mol. The largest absolute Gasteiger partial charge is 0.480 e. The van der Waals surface area contributed by atoms with Crippen molar-refractivity contribution in [3.8, 4) is 5.88 Å². The van der Waals surface area contributed by atoms with Crippen LogP contribution in [0.3, 0.4) is 0 Å². The number of benzene rings is 1. The minimum absolute atomic E-state index is 0.0444. The maximum Gasteiger partial charge on any atom is 0.394 e. The number of carbonyl (C=O) groups excluding carboxylic acids is 1. The van der Waals surface area contributed by atoms with E-state index in [0.717, 1.165) is 12.1 Å². The van der Waals surface area contributed by atoms with Crippen LogP contribution in [0.25, 0.3) is 0 Å². The molecule has 7 nitrogen and oxygen atoms in total. The van der Waals surface area contributed by atoms with E-state index in [1.54, 1.807) is 0 Å². The number of nitrogens with zero attached hydrogens (tertiary/aromatic N) is 2. The molecule has 1 aromatic heterocycles. The third kappa shape index (κ3) is 4.15. The number of nitrogens with two attached hydrogens (primary N) is 1. The van der Waals surface area contributed by atoms with E-state index in [4.69, 9.17) is 10.5 Å². The number of carbonyl (C=O) groups is 1. The maximum absolute atomic E-state index is 14.5. The van der Waals surface area contributed by atoms with Gasteiger partial charge in [0.15, 0.2) is 0 Å². The molecule has 1 aliphatic rings. The predicted molar refractivity (Wildman–Crippen MR) is 95.6 cm³/mol. The standard InChI is InChI=1S/C18H19F4N5O2/c1-17(13(18(20,21)22)6-14(23)27-17)10-5-9(3-4-11(10)19)26-16(28)12-7-25-15(29-2)8-24-12/h3-5,7-8,13-14,27H,6,23H2,1-2H3,(H,26,28). The van der Waals surface area contributed by atoms with Gasteiger partial charge in [-0.25, -0.2) is 14.4 Å². The van der Waals surface area contributed by atoms with Crippen LogP contribution < -0.4 is 21.1 Å². The van der Waals surface area contributed by atoms with E-state index >= 15 is 0 Å². The number of anilines is 1. The van der Waals surface area contributed by atoms with Crippen molar-refractivity contribution in [1.29, 1.82) is 0 Å². The lowest BCUT2D eigenvalue weighted by atomic mass is 9.80. The second-order valence-corrected chi connectivity index (χ2v) is 6.88. The Morgan fingerprint density at radius 1 is 1.34 bits per heavy atom. The van der Waals surface area contributed by atoms with Crippen LogP contribution in [0.1, 0.15) is 29.4 Å². The van der Waals surface area contributed by atoms with Crippen molar-refractivity contribution in [2.24, 2.45) is 11.7 Å². The molecule has 11 heteroatoms. The first-order valence-corrected chi connectivity index (χ1v) is 8.62. The molecule has 1 fully saturated rings. The first-order valence-electron chi connectivity index (χ1n) is 8.62. The van der Waals surface area contributed by atoms with Gasteiger partial charge in [0.1, 0.15) is 11.5 Å². The topological polar surface area (TPSA) is 102 Å². The molecule has 1 saturated heterocycles. The lowest BCUT2D eigenvalue weighted by molar-refractivity contribution is -0.188. The van der Waals surface area contributed by atoms with Gasteiger partial charge in [-0.3, -0.25) is 10.1 Å². The fourth-order valence-corrected chi connectivity index (χ4v) is 3.50. The molecule has 2 aromatic rings. The smallest absolute Gasteiger partial charge is 0.394 e. The average Bonchev–Trinajstić information content (AvgIpc) is 2.99. The summed E-state index contributed by atoms with van der Waals surface area (Å²) >= 11 is 0. The van der Waals surface area contributed by atoms with Crippen molar-refractivity contribution >= 4 is 11.6 Å². The number of rotatable bonds is 4. The van der Waals surface area contributed by atoms with Gasteiger partial charge in [0.05, 0.1) is 37.1 Å². The van der Waals surface area contributed by atoms with Crippen LogP contribution in [0, 0.1) is 11.7 Å². The minimum atomic E-state index is -4.58. The van der Waals surface area contributed by atoms with Gasteiger partial charge in [0.25, 0.3) is 5.91 Å². The van der Waals surface area contributed by atoms with Crippen molar-refractivity contribution in [3.05, 3.63) is 47.7 Å². The minimum Gasteiger partial charge on any atom is -0.480 e. The normalized spacial score (nSPS) is 24.4. The van der Waals surface area contributed by atoms with E-state index in [0.29, 0.717) is 0 Å². The van der Waals surface area contributed by atoms with Gasteiger partial charge in [0.2, 0.25) is 5.88 Å². The number of nitrogens with one attached hydrogen (secondary N) is 2. The van der Waals surface area contributed by atoms with E-state index in [1.165, 1.54) is 32.5 Å². The molecular weight excluding hydrogens is 394 g/mol. The number of hydrogen-bond acceptors (Lipinski definition) is 6. The molecule has 0 bridgehead atoms. The Bertz CT molecular complexity index is 906. The molecule has 1 aliphatic heterocycles. The molecule has 3 unspecified atom stereocenters. The monoisotopic (exact) mass is 413 g/mol. The van der Waals surface area contributed by atoms with E-state index in [-0.39, 0.29) is 22.8 Å². The van der Waals surface area contributed by atoms with Crippen LogP contribution in [-0.2, 0) is 5.54 Å². The summed E-state index contributed by atoms with van der Waals surface area (Å²) < 4.78 is 59.9. The highest BCUT2D eigenvalue weighted by Gasteiger charge is 2.57. The van der Waals surface area contributed by atoms with Gasteiger partial charge in [0, 0.05) is 11.3 Å². The molecule has 1 amide bonds. The Morgan fingerprint density at radius 3 is 2.66 bits per heavy atom. The van der Waals surface area contributed by atoms with Crippen molar-refractivity contribution < 1.29 is 27.1 Å². The van der Waals surface area contributed by atoms with Gasteiger partial charge < -0.3 is 15.8 Å². The first kappa shape index (κ1) is 20.9. The number of amides is 1. The molecule has 29 heavy (non-hydrogen) atoms. The Hall–Kier alpha value is -2.79. The quantitative estimate of drug-likeness (QED) is 0.666.